The summed E-state index contributed by atoms with van der Waals surface area (Å²) in [7, 11) is 0. The summed E-state index contributed by atoms with van der Waals surface area (Å²) in [5, 5.41) is 5.80. The number of hydrogen-bond acceptors (Lipinski definition) is 3. The first-order valence-electron chi connectivity index (χ1n) is 6.11. The first-order chi connectivity index (χ1) is 9.24. The average molecular weight is 254 g/mol. The highest BCUT2D eigenvalue weighted by Gasteiger charge is 2.02. The number of fused-ring (bicyclic) bond motifs is 1. The maximum Gasteiger partial charge on any atom is 0.258 e. The van der Waals surface area contributed by atoms with Gasteiger partial charge in [0, 0.05) is 24.3 Å². The number of benzene rings is 1. The van der Waals surface area contributed by atoms with E-state index < -0.39 is 0 Å². The number of hydrogen-bond donors (Lipinski definition) is 1. The molecule has 0 fully saturated rings. The van der Waals surface area contributed by atoms with Gasteiger partial charge in [-0.15, -0.1) is 0 Å². The molecule has 5 heteroatoms. The number of anilines is 1. The average Bonchev–Trinajstić information content (AvgIpc) is 2.84. The minimum absolute atomic E-state index is 0.0261. The van der Waals surface area contributed by atoms with Gasteiger partial charge in [0.15, 0.2) is 0 Å². The molecule has 19 heavy (non-hydrogen) atoms. The van der Waals surface area contributed by atoms with Crippen molar-refractivity contribution in [3.05, 3.63) is 59.1 Å². The third-order valence-corrected chi connectivity index (χ3v) is 3.12. The lowest BCUT2D eigenvalue weighted by molar-refractivity contribution is 0.527. The van der Waals surface area contributed by atoms with Crippen LogP contribution in [0.2, 0.25) is 0 Å². The van der Waals surface area contributed by atoms with E-state index in [9.17, 15) is 4.79 Å². The van der Waals surface area contributed by atoms with Crippen LogP contribution in [0.15, 0.2) is 53.6 Å². The van der Waals surface area contributed by atoms with Crippen LogP contribution in [0.1, 0.15) is 0 Å². The normalized spacial score (nSPS) is 10.9. The number of aryl methyl sites for hydroxylation is 2. The highest BCUT2D eigenvalue weighted by molar-refractivity contribution is 5.81. The van der Waals surface area contributed by atoms with E-state index >= 15 is 0 Å². The molecule has 0 unspecified atom stereocenters. The van der Waals surface area contributed by atoms with Gasteiger partial charge < -0.3 is 10.3 Å². The minimum Gasteiger partial charge on any atom is -0.382 e. The molecule has 2 N–H and O–H groups in total. The minimum atomic E-state index is 0.0261. The third-order valence-electron chi connectivity index (χ3n) is 3.12. The molecule has 3 aromatic rings. The summed E-state index contributed by atoms with van der Waals surface area (Å²) in [4.78, 5) is 12.3. The van der Waals surface area contributed by atoms with E-state index in [2.05, 4.69) is 5.10 Å². The maximum atomic E-state index is 12.3. The largest absolute Gasteiger partial charge is 0.382 e. The van der Waals surface area contributed by atoms with Gasteiger partial charge in [-0.2, -0.15) is 5.10 Å². The summed E-state index contributed by atoms with van der Waals surface area (Å²) >= 11 is 0. The van der Waals surface area contributed by atoms with Crippen LogP contribution in [0.3, 0.4) is 0 Å². The van der Waals surface area contributed by atoms with Gasteiger partial charge in [-0.1, -0.05) is 18.2 Å². The Labute approximate surface area is 109 Å². The van der Waals surface area contributed by atoms with Crippen molar-refractivity contribution in [2.24, 2.45) is 0 Å². The Bertz CT molecular complexity index is 772. The summed E-state index contributed by atoms with van der Waals surface area (Å²) in [6.07, 6.45) is 3.62. The molecule has 2 heterocycles. The first kappa shape index (κ1) is 11.5. The number of pyridine rings is 1. The van der Waals surface area contributed by atoms with E-state index in [0.717, 1.165) is 10.8 Å². The topological polar surface area (TPSA) is 65.8 Å². The van der Waals surface area contributed by atoms with Gasteiger partial charge >= 0.3 is 0 Å². The summed E-state index contributed by atoms with van der Waals surface area (Å²) in [5.74, 6) is 0.492. The van der Waals surface area contributed by atoms with Crippen LogP contribution >= 0.6 is 0 Å². The second-order valence-corrected chi connectivity index (χ2v) is 4.41. The molecule has 0 bridgehead atoms. The number of nitrogens with zero attached hydrogens (tertiary/aromatic N) is 3. The number of nitrogen functional groups attached to an aromatic ring is 1. The molecular weight excluding hydrogens is 240 g/mol. The fourth-order valence-corrected chi connectivity index (χ4v) is 2.12. The molecular formula is C14H14N4O. The van der Waals surface area contributed by atoms with Crippen molar-refractivity contribution in [1.82, 2.24) is 14.3 Å². The van der Waals surface area contributed by atoms with Crippen LogP contribution in [0.4, 0.5) is 5.82 Å². The summed E-state index contributed by atoms with van der Waals surface area (Å²) in [6.45, 7) is 1.19. The lowest BCUT2D eigenvalue weighted by atomic mass is 10.2. The molecule has 0 saturated heterocycles. The van der Waals surface area contributed by atoms with Crippen molar-refractivity contribution in [3.63, 3.8) is 0 Å². The first-order valence-corrected chi connectivity index (χ1v) is 6.11. The van der Waals surface area contributed by atoms with E-state index in [1.165, 1.54) is 0 Å². The van der Waals surface area contributed by atoms with Crippen LogP contribution in [-0.2, 0) is 13.1 Å². The Morgan fingerprint density at radius 1 is 1.05 bits per heavy atom. The molecule has 96 valence electrons. The maximum absolute atomic E-state index is 12.3. The van der Waals surface area contributed by atoms with Gasteiger partial charge in [0.05, 0.1) is 6.54 Å². The van der Waals surface area contributed by atoms with E-state index in [1.807, 2.05) is 36.5 Å². The molecule has 0 spiro atoms. The zero-order valence-corrected chi connectivity index (χ0v) is 10.4. The second kappa shape index (κ2) is 4.61. The highest BCUT2D eigenvalue weighted by Crippen LogP contribution is 2.08. The fourth-order valence-electron chi connectivity index (χ4n) is 2.12. The van der Waals surface area contributed by atoms with Gasteiger partial charge in [-0.3, -0.25) is 9.48 Å². The van der Waals surface area contributed by atoms with Crippen molar-refractivity contribution in [3.8, 4) is 0 Å². The highest BCUT2D eigenvalue weighted by atomic mass is 16.1. The molecule has 0 radical (unpaired) electrons. The zero-order valence-electron chi connectivity index (χ0n) is 10.4. The number of aromatic nitrogens is 3. The standard InChI is InChI=1S/C14H14N4O/c15-13-6-8-18(16-13)10-9-17-7-5-11-3-1-2-4-12(11)14(17)19/h1-8H,9-10H2,(H2,15,16). The Hall–Kier alpha value is -2.56. The predicted octanol–water partition coefficient (Wildman–Crippen LogP) is 1.48. The van der Waals surface area contributed by atoms with Gasteiger partial charge in [-0.25, -0.2) is 0 Å². The van der Waals surface area contributed by atoms with E-state index in [0.29, 0.717) is 18.9 Å². The Morgan fingerprint density at radius 2 is 1.89 bits per heavy atom. The van der Waals surface area contributed by atoms with Crippen LogP contribution in [0, 0.1) is 0 Å². The lowest BCUT2D eigenvalue weighted by Crippen LogP contribution is -2.22. The molecule has 5 nitrogen and oxygen atoms in total. The molecule has 0 aliphatic heterocycles. The van der Waals surface area contributed by atoms with E-state index in [-0.39, 0.29) is 5.56 Å². The molecule has 0 aliphatic carbocycles. The monoisotopic (exact) mass is 254 g/mol. The van der Waals surface area contributed by atoms with Gasteiger partial charge in [0.25, 0.3) is 5.56 Å². The zero-order chi connectivity index (χ0) is 13.2. The van der Waals surface area contributed by atoms with Crippen molar-refractivity contribution in [2.45, 2.75) is 13.1 Å². The number of nitrogens with two attached hydrogens (primary N) is 1. The summed E-state index contributed by atoms with van der Waals surface area (Å²) in [6, 6.07) is 11.3. The van der Waals surface area contributed by atoms with E-state index in [1.54, 1.807) is 21.5 Å². The van der Waals surface area contributed by atoms with Crippen molar-refractivity contribution in [1.29, 1.82) is 0 Å². The number of rotatable bonds is 3. The molecule has 0 atom stereocenters. The van der Waals surface area contributed by atoms with E-state index in [4.69, 9.17) is 5.73 Å². The Morgan fingerprint density at radius 3 is 2.68 bits per heavy atom. The molecule has 0 aliphatic rings. The lowest BCUT2D eigenvalue weighted by Gasteiger charge is -2.07. The van der Waals surface area contributed by atoms with Gasteiger partial charge in [0.1, 0.15) is 5.82 Å². The predicted molar refractivity (Wildman–Crippen MR) is 74.8 cm³/mol. The molecule has 0 saturated carbocycles. The SMILES string of the molecule is Nc1ccn(CCn2ccc3ccccc3c2=O)n1. The van der Waals surface area contributed by atoms with Crippen molar-refractivity contribution >= 4 is 16.6 Å². The summed E-state index contributed by atoms with van der Waals surface area (Å²) in [5.41, 5.74) is 5.58. The van der Waals surface area contributed by atoms with Gasteiger partial charge in [0.2, 0.25) is 0 Å². The van der Waals surface area contributed by atoms with Crippen LogP contribution in [0.25, 0.3) is 10.8 Å². The molecule has 1 aromatic carbocycles. The quantitative estimate of drug-likeness (QED) is 0.770. The van der Waals surface area contributed by atoms with Crippen molar-refractivity contribution < 1.29 is 0 Å². The van der Waals surface area contributed by atoms with Crippen LogP contribution in [0.5, 0.6) is 0 Å². The molecule has 2 aromatic heterocycles. The Balaban J connectivity index is 1.89. The fraction of sp³-hybridized carbons (Fsp3) is 0.143. The van der Waals surface area contributed by atoms with Crippen LogP contribution < -0.4 is 11.3 Å². The van der Waals surface area contributed by atoms with Crippen LogP contribution in [-0.4, -0.2) is 14.3 Å². The van der Waals surface area contributed by atoms with Crippen molar-refractivity contribution in [2.75, 3.05) is 5.73 Å². The third kappa shape index (κ3) is 2.22. The molecule has 3 rings (SSSR count). The molecule has 0 amide bonds. The Kier molecular flexibility index (Phi) is 2.79. The second-order valence-electron chi connectivity index (χ2n) is 4.41. The van der Waals surface area contributed by atoms with Gasteiger partial charge in [-0.05, 0) is 23.6 Å². The smallest absolute Gasteiger partial charge is 0.258 e. The summed E-state index contributed by atoms with van der Waals surface area (Å²) < 4.78 is 3.43.